The van der Waals surface area contributed by atoms with E-state index in [0.29, 0.717) is 11.1 Å². The fourth-order valence-corrected chi connectivity index (χ4v) is 2.36. The van der Waals surface area contributed by atoms with E-state index in [2.05, 4.69) is 10.3 Å². The number of carbonyl (C=O) groups excluding carboxylic acids is 1. The molecule has 0 spiro atoms. The zero-order valence-corrected chi connectivity index (χ0v) is 12.1. The molecule has 0 aliphatic heterocycles. The van der Waals surface area contributed by atoms with E-state index in [0.717, 1.165) is 16.7 Å². The van der Waals surface area contributed by atoms with Crippen molar-refractivity contribution in [1.82, 2.24) is 4.98 Å². The highest BCUT2D eigenvalue weighted by Crippen LogP contribution is 2.26. The zero-order valence-electron chi connectivity index (χ0n) is 12.1. The number of anilines is 1. The molecule has 5 nitrogen and oxygen atoms in total. The van der Waals surface area contributed by atoms with E-state index in [1.807, 2.05) is 30.3 Å². The van der Waals surface area contributed by atoms with Gasteiger partial charge < -0.3 is 20.1 Å². The minimum atomic E-state index is -0.123. The molecule has 0 fully saturated rings. The van der Waals surface area contributed by atoms with Crippen LogP contribution >= 0.6 is 0 Å². The highest BCUT2D eigenvalue weighted by molar-refractivity contribution is 5.96. The van der Waals surface area contributed by atoms with Crippen molar-refractivity contribution < 1.29 is 14.6 Å². The Labute approximate surface area is 127 Å². The molecule has 22 heavy (non-hydrogen) atoms. The van der Waals surface area contributed by atoms with Crippen LogP contribution in [0.25, 0.3) is 10.8 Å². The summed E-state index contributed by atoms with van der Waals surface area (Å²) >= 11 is 0. The third kappa shape index (κ3) is 2.88. The van der Waals surface area contributed by atoms with Gasteiger partial charge in [-0.15, -0.1) is 0 Å². The second-order valence-corrected chi connectivity index (χ2v) is 5.02. The summed E-state index contributed by atoms with van der Waals surface area (Å²) in [6.45, 7) is 0. The van der Waals surface area contributed by atoms with Gasteiger partial charge in [0.05, 0.1) is 13.5 Å². The number of aromatic hydroxyl groups is 1. The Balaban J connectivity index is 1.73. The van der Waals surface area contributed by atoms with Crippen LogP contribution in [0.15, 0.2) is 48.7 Å². The molecule has 2 aromatic carbocycles. The maximum absolute atomic E-state index is 12.1. The molecule has 0 bridgehead atoms. The average molecular weight is 296 g/mol. The number of fused-ring (bicyclic) bond motifs is 1. The van der Waals surface area contributed by atoms with E-state index in [9.17, 15) is 9.90 Å². The molecule has 1 amide bonds. The van der Waals surface area contributed by atoms with Crippen molar-refractivity contribution in [3.8, 4) is 11.6 Å². The molecule has 0 aliphatic rings. The molecular weight excluding hydrogens is 280 g/mol. The number of hydrogen-bond acceptors (Lipinski definition) is 3. The number of benzene rings is 2. The number of aromatic nitrogens is 1. The quantitative estimate of drug-likeness (QED) is 0.692. The molecule has 1 heterocycles. The molecule has 0 atom stereocenters. The molecule has 3 N–H and O–H groups in total. The predicted molar refractivity (Wildman–Crippen MR) is 85.3 cm³/mol. The van der Waals surface area contributed by atoms with Crippen LogP contribution in [0.2, 0.25) is 0 Å². The number of amides is 1. The van der Waals surface area contributed by atoms with Crippen molar-refractivity contribution in [1.29, 1.82) is 0 Å². The number of rotatable bonds is 4. The number of hydrogen-bond donors (Lipinski definition) is 3. The van der Waals surface area contributed by atoms with Gasteiger partial charge in [0.25, 0.3) is 0 Å². The molecule has 3 aromatic rings. The Hall–Kier alpha value is -2.95. The average Bonchev–Trinajstić information content (AvgIpc) is 2.88. The minimum Gasteiger partial charge on any atom is -0.497 e. The van der Waals surface area contributed by atoms with Crippen LogP contribution in [-0.2, 0) is 11.2 Å². The van der Waals surface area contributed by atoms with Crippen LogP contribution in [0.1, 0.15) is 5.56 Å². The third-order valence-electron chi connectivity index (χ3n) is 3.46. The Morgan fingerprint density at radius 1 is 1.27 bits per heavy atom. The Morgan fingerprint density at radius 3 is 2.95 bits per heavy atom. The van der Waals surface area contributed by atoms with Gasteiger partial charge in [0, 0.05) is 22.7 Å². The summed E-state index contributed by atoms with van der Waals surface area (Å²) < 4.78 is 5.14. The first-order valence-electron chi connectivity index (χ1n) is 6.88. The zero-order chi connectivity index (χ0) is 15.5. The van der Waals surface area contributed by atoms with Gasteiger partial charge in [-0.05, 0) is 29.8 Å². The van der Waals surface area contributed by atoms with Crippen LogP contribution in [0.3, 0.4) is 0 Å². The molecule has 0 saturated carbocycles. The lowest BCUT2D eigenvalue weighted by molar-refractivity contribution is -0.115. The second-order valence-electron chi connectivity index (χ2n) is 5.02. The Kier molecular flexibility index (Phi) is 3.70. The van der Waals surface area contributed by atoms with E-state index in [1.54, 1.807) is 25.4 Å². The second kappa shape index (κ2) is 5.81. The van der Waals surface area contributed by atoms with Crippen LogP contribution in [0, 0.1) is 0 Å². The van der Waals surface area contributed by atoms with E-state index in [1.165, 1.54) is 0 Å². The fraction of sp³-hybridized carbons (Fsp3) is 0.118. The number of nitrogens with one attached hydrogen (secondary N) is 2. The molecule has 0 aliphatic carbocycles. The third-order valence-corrected chi connectivity index (χ3v) is 3.46. The van der Waals surface area contributed by atoms with Gasteiger partial charge in [-0.2, -0.15) is 0 Å². The lowest BCUT2D eigenvalue weighted by atomic mass is 10.1. The lowest BCUT2D eigenvalue weighted by Gasteiger charge is -2.07. The molecule has 0 unspecified atom stereocenters. The maximum atomic E-state index is 12.1. The van der Waals surface area contributed by atoms with Crippen LogP contribution in [-0.4, -0.2) is 23.1 Å². The molecule has 5 heteroatoms. The van der Waals surface area contributed by atoms with Crippen LogP contribution in [0.4, 0.5) is 5.69 Å². The predicted octanol–water partition coefficient (Wildman–Crippen LogP) is 3.06. The molecule has 112 valence electrons. The van der Waals surface area contributed by atoms with Gasteiger partial charge >= 0.3 is 0 Å². The van der Waals surface area contributed by atoms with Gasteiger partial charge in [-0.3, -0.25) is 4.79 Å². The van der Waals surface area contributed by atoms with Crippen molar-refractivity contribution in [2.24, 2.45) is 0 Å². The lowest BCUT2D eigenvalue weighted by Crippen LogP contribution is -2.14. The summed E-state index contributed by atoms with van der Waals surface area (Å²) in [6.07, 6.45) is 1.97. The molecule has 3 rings (SSSR count). The van der Waals surface area contributed by atoms with Gasteiger partial charge in [-0.25, -0.2) is 0 Å². The summed E-state index contributed by atoms with van der Waals surface area (Å²) in [5.74, 6) is 0.700. The fourth-order valence-electron chi connectivity index (χ4n) is 2.36. The summed E-state index contributed by atoms with van der Waals surface area (Å²) in [5, 5.41) is 14.1. The van der Waals surface area contributed by atoms with E-state index >= 15 is 0 Å². The van der Waals surface area contributed by atoms with Crippen LogP contribution in [0.5, 0.6) is 11.6 Å². The number of methoxy groups -OCH3 is 1. The largest absolute Gasteiger partial charge is 0.497 e. The summed E-state index contributed by atoms with van der Waals surface area (Å²) in [7, 11) is 1.59. The maximum Gasteiger partial charge on any atom is 0.228 e. The number of aromatic amines is 1. The summed E-state index contributed by atoms with van der Waals surface area (Å²) in [4.78, 5) is 14.9. The van der Waals surface area contributed by atoms with Crippen LogP contribution < -0.4 is 10.1 Å². The monoisotopic (exact) mass is 296 g/mol. The number of H-pyrrole nitrogens is 1. The van der Waals surface area contributed by atoms with E-state index in [4.69, 9.17) is 4.74 Å². The first-order valence-corrected chi connectivity index (χ1v) is 6.88. The van der Waals surface area contributed by atoms with E-state index in [-0.39, 0.29) is 18.2 Å². The Bertz CT molecular complexity index is 824. The first kappa shape index (κ1) is 14.0. The number of carbonyl (C=O) groups is 1. The molecular formula is C17H16N2O3. The highest BCUT2D eigenvalue weighted by Gasteiger charge is 2.07. The number of ether oxygens (including phenoxy) is 1. The first-order chi connectivity index (χ1) is 10.7. The van der Waals surface area contributed by atoms with Crippen molar-refractivity contribution in [3.63, 3.8) is 0 Å². The summed E-state index contributed by atoms with van der Waals surface area (Å²) in [6, 6.07) is 12.8. The molecule has 1 aromatic heterocycles. The SMILES string of the molecule is COc1cccc(CC(=O)Nc2ccc3c[nH]c(O)c3c2)c1. The molecule has 0 radical (unpaired) electrons. The Morgan fingerprint density at radius 2 is 2.14 bits per heavy atom. The van der Waals surface area contributed by atoms with E-state index < -0.39 is 0 Å². The van der Waals surface area contributed by atoms with Gasteiger partial charge in [-0.1, -0.05) is 18.2 Å². The molecule has 0 saturated heterocycles. The van der Waals surface area contributed by atoms with Gasteiger partial charge in [0.2, 0.25) is 5.91 Å². The van der Waals surface area contributed by atoms with Gasteiger partial charge in [0.15, 0.2) is 5.88 Å². The summed E-state index contributed by atoms with van der Waals surface area (Å²) in [5.41, 5.74) is 1.53. The van der Waals surface area contributed by atoms with Crippen molar-refractivity contribution in [2.45, 2.75) is 6.42 Å². The normalized spacial score (nSPS) is 10.6. The van der Waals surface area contributed by atoms with Crippen molar-refractivity contribution in [3.05, 3.63) is 54.2 Å². The van der Waals surface area contributed by atoms with Crippen molar-refractivity contribution in [2.75, 3.05) is 12.4 Å². The minimum absolute atomic E-state index is 0.0962. The van der Waals surface area contributed by atoms with Crippen molar-refractivity contribution >= 4 is 22.4 Å². The van der Waals surface area contributed by atoms with Gasteiger partial charge in [0.1, 0.15) is 5.75 Å². The topological polar surface area (TPSA) is 74.3 Å². The smallest absolute Gasteiger partial charge is 0.228 e. The standard InChI is InChI=1S/C17H16N2O3/c1-22-14-4-2-3-11(7-14)8-16(20)19-13-6-5-12-10-18-17(21)15(12)9-13/h2-7,9-10,18,21H,8H2,1H3,(H,19,20). The highest BCUT2D eigenvalue weighted by atomic mass is 16.5.